The van der Waals surface area contributed by atoms with Crippen molar-refractivity contribution >= 4 is 50.7 Å². The Morgan fingerprint density at radius 2 is 2.00 bits per heavy atom. The molecule has 2 heterocycles. The number of halogens is 3. The van der Waals surface area contributed by atoms with Gasteiger partial charge in [0, 0.05) is 38.4 Å². The lowest BCUT2D eigenvalue weighted by Crippen LogP contribution is -2.42. The summed E-state index contributed by atoms with van der Waals surface area (Å²) in [5.41, 5.74) is 8.50. The molecule has 158 valence electrons. The Morgan fingerprint density at radius 1 is 1.26 bits per heavy atom. The third-order valence-corrected chi connectivity index (χ3v) is 6.63. The second-order valence-electron chi connectivity index (χ2n) is 8.48. The minimum atomic E-state index is -0.653. The lowest BCUT2D eigenvalue weighted by atomic mass is 9.68. The monoisotopic (exact) mass is 516 g/mol. The van der Waals surface area contributed by atoms with Crippen LogP contribution < -0.4 is 10.6 Å². The van der Waals surface area contributed by atoms with Crippen molar-refractivity contribution in [2.45, 2.75) is 32.6 Å². The maximum absolute atomic E-state index is 13.5. The summed E-state index contributed by atoms with van der Waals surface area (Å²) in [4.78, 5) is 19.7. The molecule has 1 aromatic carbocycles. The first-order valence-electron chi connectivity index (χ1n) is 9.65. The average Bonchev–Trinajstić information content (AvgIpc) is 2.67. The molecule has 8 heteroatoms. The average molecular weight is 518 g/mol. The molecule has 2 aliphatic rings. The Bertz CT molecular complexity index is 1200. The Balaban J connectivity index is 2.01. The molecule has 0 spiro atoms. The van der Waals surface area contributed by atoms with Gasteiger partial charge < -0.3 is 5.73 Å². The van der Waals surface area contributed by atoms with E-state index in [0.717, 1.165) is 10.2 Å². The van der Waals surface area contributed by atoms with Crippen molar-refractivity contribution < 1.29 is 4.79 Å². The summed E-state index contributed by atoms with van der Waals surface area (Å²) >= 11 is 16.0. The number of nitriles is 1. The van der Waals surface area contributed by atoms with Crippen molar-refractivity contribution in [3.63, 3.8) is 0 Å². The fourth-order valence-electron chi connectivity index (χ4n) is 4.32. The predicted molar refractivity (Wildman–Crippen MR) is 125 cm³/mol. The first kappa shape index (κ1) is 21.9. The summed E-state index contributed by atoms with van der Waals surface area (Å²) in [7, 11) is 0. The molecule has 31 heavy (non-hydrogen) atoms. The number of ketones is 1. The summed E-state index contributed by atoms with van der Waals surface area (Å²) in [6.45, 7) is 4.09. The molecule has 0 bridgehead atoms. The summed E-state index contributed by atoms with van der Waals surface area (Å²) in [5, 5.41) is 10.9. The van der Waals surface area contributed by atoms with Crippen molar-refractivity contribution in [3.05, 3.63) is 79.3 Å². The van der Waals surface area contributed by atoms with Crippen molar-refractivity contribution in [2.75, 3.05) is 4.90 Å². The number of nitrogens with two attached hydrogens (primary N) is 1. The van der Waals surface area contributed by atoms with Crippen LogP contribution in [0.3, 0.4) is 0 Å². The lowest BCUT2D eigenvalue weighted by molar-refractivity contribution is -0.118. The minimum Gasteiger partial charge on any atom is -0.384 e. The molecule has 0 saturated heterocycles. The smallest absolute Gasteiger partial charge is 0.162 e. The number of allylic oxidation sites excluding steroid dienone is 3. The van der Waals surface area contributed by atoms with E-state index in [4.69, 9.17) is 28.9 Å². The van der Waals surface area contributed by atoms with Crippen LogP contribution in [0.15, 0.2) is 63.7 Å². The zero-order chi connectivity index (χ0) is 22.5. The highest BCUT2D eigenvalue weighted by atomic mass is 79.9. The van der Waals surface area contributed by atoms with Gasteiger partial charge in [-0.2, -0.15) is 5.26 Å². The Labute approximate surface area is 199 Å². The number of hydrogen-bond acceptors (Lipinski definition) is 5. The molecule has 1 aliphatic heterocycles. The number of Topliss-reactive ketones (excluding diaryl/α,β-unsaturated/α-hetero) is 1. The number of nitrogens with zero attached hydrogens (tertiary/aromatic N) is 3. The van der Waals surface area contributed by atoms with Crippen LogP contribution in [-0.4, -0.2) is 10.8 Å². The molecule has 1 atom stereocenters. The number of rotatable bonds is 2. The van der Waals surface area contributed by atoms with Gasteiger partial charge in [-0.15, -0.1) is 0 Å². The van der Waals surface area contributed by atoms with Gasteiger partial charge in [-0.1, -0.05) is 43.1 Å². The van der Waals surface area contributed by atoms with E-state index >= 15 is 0 Å². The van der Waals surface area contributed by atoms with Crippen molar-refractivity contribution in [3.8, 4) is 6.07 Å². The van der Waals surface area contributed by atoms with Crippen LogP contribution in [-0.2, 0) is 4.79 Å². The van der Waals surface area contributed by atoms with Crippen molar-refractivity contribution in [1.29, 1.82) is 5.26 Å². The molecule has 2 aromatic rings. The van der Waals surface area contributed by atoms with Gasteiger partial charge in [-0.3, -0.25) is 9.69 Å². The Hall–Kier alpha value is -2.33. The highest BCUT2D eigenvalue weighted by molar-refractivity contribution is 9.10. The highest BCUT2D eigenvalue weighted by Gasteiger charge is 2.45. The molecular formula is C23H19BrCl2N4O. The van der Waals surface area contributed by atoms with Crippen LogP contribution in [0.5, 0.6) is 0 Å². The molecule has 0 radical (unpaired) electrons. The van der Waals surface area contributed by atoms with Crippen molar-refractivity contribution in [1.82, 2.24) is 4.98 Å². The maximum atomic E-state index is 13.5. The minimum absolute atomic E-state index is 0.0235. The first-order chi connectivity index (χ1) is 14.6. The van der Waals surface area contributed by atoms with E-state index in [0.29, 0.717) is 39.8 Å². The molecule has 1 unspecified atom stereocenters. The van der Waals surface area contributed by atoms with E-state index < -0.39 is 5.92 Å². The van der Waals surface area contributed by atoms with Gasteiger partial charge in [0.1, 0.15) is 11.6 Å². The summed E-state index contributed by atoms with van der Waals surface area (Å²) in [6.07, 6.45) is 2.63. The first-order valence-corrected chi connectivity index (χ1v) is 11.2. The van der Waals surface area contributed by atoms with Crippen LogP contribution in [0.4, 0.5) is 5.82 Å². The molecule has 5 nitrogen and oxygen atoms in total. The number of carbonyl (C=O) groups is 1. The molecule has 4 rings (SSSR count). The zero-order valence-electron chi connectivity index (χ0n) is 16.9. The number of aromatic nitrogens is 1. The second-order valence-corrected chi connectivity index (χ2v) is 10.2. The number of anilines is 1. The second kappa shape index (κ2) is 7.98. The summed E-state index contributed by atoms with van der Waals surface area (Å²) < 4.78 is 0.816. The topological polar surface area (TPSA) is 83.0 Å². The van der Waals surface area contributed by atoms with Gasteiger partial charge in [-0.05, 0) is 57.6 Å². The van der Waals surface area contributed by atoms with E-state index in [9.17, 15) is 10.1 Å². The number of benzene rings is 1. The van der Waals surface area contributed by atoms with Gasteiger partial charge in [-0.25, -0.2) is 4.98 Å². The molecule has 0 saturated carbocycles. The molecule has 1 aromatic heterocycles. The SMILES string of the molecule is CC1(C)CC(=O)C2=C(C1)N(c1ccc(Br)cn1)C(N)=C(C#N)C2c1ccc(Cl)cc1Cl. The summed E-state index contributed by atoms with van der Waals surface area (Å²) in [5.74, 6) is 0.120. The highest BCUT2D eigenvalue weighted by Crippen LogP contribution is 2.51. The molecule has 0 amide bonds. The van der Waals surface area contributed by atoms with Gasteiger partial charge in [0.25, 0.3) is 0 Å². The van der Waals surface area contributed by atoms with Crippen molar-refractivity contribution in [2.24, 2.45) is 11.1 Å². The van der Waals surface area contributed by atoms with E-state index in [1.54, 1.807) is 35.4 Å². The van der Waals surface area contributed by atoms with Crippen LogP contribution in [0.2, 0.25) is 10.0 Å². The normalized spacial score (nSPS) is 20.6. The third kappa shape index (κ3) is 3.87. The van der Waals surface area contributed by atoms with Gasteiger partial charge >= 0.3 is 0 Å². The molecular weight excluding hydrogens is 499 g/mol. The predicted octanol–water partition coefficient (Wildman–Crippen LogP) is 6.09. The number of hydrogen-bond donors (Lipinski definition) is 1. The van der Waals surface area contributed by atoms with E-state index in [-0.39, 0.29) is 22.6 Å². The molecule has 0 fully saturated rings. The van der Waals surface area contributed by atoms with Crippen LogP contribution >= 0.6 is 39.1 Å². The summed E-state index contributed by atoms with van der Waals surface area (Å²) in [6, 6.07) is 11.0. The van der Waals surface area contributed by atoms with Gasteiger partial charge in [0.15, 0.2) is 5.78 Å². The van der Waals surface area contributed by atoms with Crippen LogP contribution in [0, 0.1) is 16.7 Å². The third-order valence-electron chi connectivity index (χ3n) is 5.60. The fraction of sp³-hybridized carbons (Fsp3) is 0.261. The van der Waals surface area contributed by atoms with Gasteiger partial charge in [0.2, 0.25) is 0 Å². The Morgan fingerprint density at radius 3 is 2.61 bits per heavy atom. The molecule has 2 N–H and O–H groups in total. The van der Waals surface area contributed by atoms with Crippen LogP contribution in [0.1, 0.15) is 38.2 Å². The number of pyridine rings is 1. The largest absolute Gasteiger partial charge is 0.384 e. The van der Waals surface area contributed by atoms with Gasteiger partial charge in [0.05, 0.1) is 17.6 Å². The molecule has 1 aliphatic carbocycles. The Kier molecular flexibility index (Phi) is 5.63. The van der Waals surface area contributed by atoms with E-state index in [2.05, 4.69) is 27.0 Å². The quantitative estimate of drug-likeness (QED) is 0.521. The van der Waals surface area contributed by atoms with E-state index in [1.807, 2.05) is 19.9 Å². The number of carbonyl (C=O) groups excluding carboxylic acids is 1. The standard InChI is InChI=1S/C23H19BrCl2N4O/c1-23(2)8-17-21(18(31)9-23)20(14-5-4-13(25)7-16(14)26)15(10-27)22(28)30(17)19-6-3-12(24)11-29-19/h3-7,11,20H,8-9,28H2,1-2H3. The lowest BCUT2D eigenvalue weighted by Gasteiger charge is -2.43. The van der Waals surface area contributed by atoms with Crippen LogP contribution in [0.25, 0.3) is 0 Å². The van der Waals surface area contributed by atoms with E-state index in [1.165, 1.54) is 0 Å². The zero-order valence-corrected chi connectivity index (χ0v) is 20.0. The fourth-order valence-corrected chi connectivity index (χ4v) is 5.07. The maximum Gasteiger partial charge on any atom is 0.162 e.